The van der Waals surface area contributed by atoms with Gasteiger partial charge in [-0.2, -0.15) is 0 Å². The normalized spacial score (nSPS) is 14.7. The van der Waals surface area contributed by atoms with Crippen LogP contribution in [-0.4, -0.2) is 10.2 Å². The van der Waals surface area contributed by atoms with E-state index in [1.54, 1.807) is 12.1 Å². The van der Waals surface area contributed by atoms with E-state index in [1.165, 1.54) is 44.5 Å². The van der Waals surface area contributed by atoms with E-state index >= 15 is 0 Å². The minimum Gasteiger partial charge on any atom is -0.504 e. The summed E-state index contributed by atoms with van der Waals surface area (Å²) in [5.74, 6) is 0.849. The SMILES string of the molecule is CC.CC.CC.CC1c2ccccc2-c2cc3c(cc21)-c1ccccc1C3C.Oc1cc2ccccc2cc1O. The van der Waals surface area contributed by atoms with Crippen LogP contribution < -0.4 is 0 Å². The Hall–Kier alpha value is -4.04. The predicted molar refractivity (Wildman–Crippen MR) is 174 cm³/mol. The molecular formula is C38H44O2. The molecular weight excluding hydrogens is 488 g/mol. The Bertz CT molecular complexity index is 1450. The lowest BCUT2D eigenvalue weighted by Crippen LogP contribution is -1.92. The van der Waals surface area contributed by atoms with Crippen molar-refractivity contribution in [2.45, 2.75) is 67.2 Å². The summed E-state index contributed by atoms with van der Waals surface area (Å²) < 4.78 is 0. The van der Waals surface area contributed by atoms with Gasteiger partial charge in [0.1, 0.15) is 0 Å². The van der Waals surface area contributed by atoms with Crippen molar-refractivity contribution in [3.63, 3.8) is 0 Å². The van der Waals surface area contributed by atoms with E-state index in [0.29, 0.717) is 11.8 Å². The lowest BCUT2D eigenvalue weighted by Gasteiger charge is -2.11. The van der Waals surface area contributed by atoms with Crippen LogP contribution in [0.15, 0.2) is 97.1 Å². The summed E-state index contributed by atoms with van der Waals surface area (Å²) in [5.41, 5.74) is 11.7. The molecule has 0 aromatic heterocycles. The Balaban J connectivity index is 0.000000209. The standard InChI is InChI=1S/C22H18.C10H8O2.3C2H6/c1-13-15-7-3-5-9-17(15)21-12-20-14(2)16-8-4-6-10-18(16)22(20)11-19(13)21;11-9-5-7-3-1-2-4-8(7)6-10(9)12;3*1-2/h3-14H,1-2H3;1-6,11-12H;3*1-2H3. The second-order valence-corrected chi connectivity index (χ2v) is 9.33. The summed E-state index contributed by atoms with van der Waals surface area (Å²) in [4.78, 5) is 0. The van der Waals surface area contributed by atoms with Crippen LogP contribution in [0, 0.1) is 0 Å². The molecule has 0 fully saturated rings. The summed E-state index contributed by atoms with van der Waals surface area (Å²) >= 11 is 0. The fourth-order valence-corrected chi connectivity index (χ4v) is 5.61. The molecule has 5 aromatic carbocycles. The highest BCUT2D eigenvalue weighted by Crippen LogP contribution is 2.52. The number of benzene rings is 5. The second-order valence-electron chi connectivity index (χ2n) is 9.33. The Morgan fingerprint density at radius 2 is 0.725 bits per heavy atom. The topological polar surface area (TPSA) is 40.5 Å². The van der Waals surface area contributed by atoms with Crippen LogP contribution in [0.5, 0.6) is 11.5 Å². The molecule has 2 aliphatic carbocycles. The van der Waals surface area contributed by atoms with E-state index in [1.807, 2.05) is 65.8 Å². The highest BCUT2D eigenvalue weighted by molar-refractivity contribution is 5.88. The predicted octanol–water partition coefficient (Wildman–Crippen LogP) is 11.3. The van der Waals surface area contributed by atoms with Crippen LogP contribution in [0.4, 0.5) is 0 Å². The number of phenols is 2. The molecule has 0 heterocycles. The molecule has 7 rings (SSSR count). The Labute approximate surface area is 241 Å². The van der Waals surface area contributed by atoms with Gasteiger partial charge in [-0.05, 0) is 79.5 Å². The molecule has 2 heteroatoms. The molecule has 0 radical (unpaired) electrons. The van der Waals surface area contributed by atoms with Gasteiger partial charge in [-0.25, -0.2) is 0 Å². The first-order chi connectivity index (χ1) is 19.5. The molecule has 2 aliphatic rings. The van der Waals surface area contributed by atoms with E-state index in [0.717, 1.165) is 10.8 Å². The Morgan fingerprint density at radius 1 is 0.400 bits per heavy atom. The highest BCUT2D eigenvalue weighted by Gasteiger charge is 2.31. The smallest absolute Gasteiger partial charge is 0.158 e. The van der Waals surface area contributed by atoms with Gasteiger partial charge >= 0.3 is 0 Å². The molecule has 2 unspecified atom stereocenters. The summed E-state index contributed by atoms with van der Waals surface area (Å²) in [6.07, 6.45) is 0. The lowest BCUT2D eigenvalue weighted by atomic mass is 9.93. The summed E-state index contributed by atoms with van der Waals surface area (Å²) in [6.45, 7) is 16.7. The second kappa shape index (κ2) is 13.8. The van der Waals surface area contributed by atoms with Crippen LogP contribution in [-0.2, 0) is 0 Å². The summed E-state index contributed by atoms with van der Waals surface area (Å²) in [7, 11) is 0. The van der Waals surface area contributed by atoms with Gasteiger partial charge in [0.2, 0.25) is 0 Å². The fourth-order valence-electron chi connectivity index (χ4n) is 5.61. The maximum Gasteiger partial charge on any atom is 0.158 e. The van der Waals surface area contributed by atoms with E-state index in [4.69, 9.17) is 10.2 Å². The molecule has 2 atom stereocenters. The van der Waals surface area contributed by atoms with Crippen LogP contribution in [0.3, 0.4) is 0 Å². The first-order valence-electron chi connectivity index (χ1n) is 14.8. The largest absolute Gasteiger partial charge is 0.504 e. The van der Waals surface area contributed by atoms with Gasteiger partial charge in [-0.1, -0.05) is 128 Å². The molecule has 0 amide bonds. The Kier molecular flexibility index (Phi) is 10.6. The molecule has 40 heavy (non-hydrogen) atoms. The number of aromatic hydroxyl groups is 2. The van der Waals surface area contributed by atoms with Crippen LogP contribution in [0.25, 0.3) is 33.0 Å². The van der Waals surface area contributed by atoms with E-state index in [2.05, 4.69) is 74.5 Å². The van der Waals surface area contributed by atoms with Crippen molar-refractivity contribution in [3.05, 3.63) is 119 Å². The first kappa shape index (κ1) is 30.5. The molecule has 0 saturated heterocycles. The third-order valence-corrected chi connectivity index (χ3v) is 7.43. The third kappa shape index (κ3) is 5.63. The molecule has 0 aliphatic heterocycles. The maximum absolute atomic E-state index is 9.17. The van der Waals surface area contributed by atoms with Crippen molar-refractivity contribution in [1.29, 1.82) is 0 Å². The van der Waals surface area contributed by atoms with Crippen molar-refractivity contribution >= 4 is 10.8 Å². The average Bonchev–Trinajstić information content (AvgIpc) is 3.46. The molecule has 2 N–H and O–H groups in total. The van der Waals surface area contributed by atoms with Gasteiger partial charge in [0.15, 0.2) is 11.5 Å². The molecule has 5 aromatic rings. The van der Waals surface area contributed by atoms with Crippen molar-refractivity contribution in [2.75, 3.05) is 0 Å². The fraction of sp³-hybridized carbons (Fsp3) is 0.263. The highest BCUT2D eigenvalue weighted by atomic mass is 16.3. The number of hydrogen-bond acceptors (Lipinski definition) is 2. The monoisotopic (exact) mass is 532 g/mol. The van der Waals surface area contributed by atoms with Crippen LogP contribution in [0.1, 0.15) is 89.5 Å². The third-order valence-electron chi connectivity index (χ3n) is 7.43. The number of hydrogen-bond donors (Lipinski definition) is 2. The molecule has 0 spiro atoms. The van der Waals surface area contributed by atoms with Gasteiger partial charge in [0, 0.05) is 11.8 Å². The van der Waals surface area contributed by atoms with Crippen molar-refractivity contribution < 1.29 is 10.2 Å². The lowest BCUT2D eigenvalue weighted by molar-refractivity contribution is 0.405. The number of phenolic OH excluding ortho intramolecular Hbond substituents is 2. The van der Waals surface area contributed by atoms with E-state index in [9.17, 15) is 0 Å². The average molecular weight is 533 g/mol. The molecule has 208 valence electrons. The van der Waals surface area contributed by atoms with Gasteiger partial charge in [-0.15, -0.1) is 0 Å². The minimum absolute atomic E-state index is 0.0753. The van der Waals surface area contributed by atoms with Crippen LogP contribution in [0.2, 0.25) is 0 Å². The van der Waals surface area contributed by atoms with Crippen molar-refractivity contribution in [3.8, 4) is 33.8 Å². The van der Waals surface area contributed by atoms with Gasteiger partial charge < -0.3 is 10.2 Å². The van der Waals surface area contributed by atoms with Gasteiger partial charge in [-0.3, -0.25) is 0 Å². The first-order valence-corrected chi connectivity index (χ1v) is 14.8. The molecule has 2 nitrogen and oxygen atoms in total. The zero-order valence-electron chi connectivity index (χ0n) is 25.3. The zero-order chi connectivity index (χ0) is 29.4. The summed E-state index contributed by atoms with van der Waals surface area (Å²) in [6, 6.07) is 33.3. The zero-order valence-corrected chi connectivity index (χ0v) is 25.3. The number of fused-ring (bicyclic) bond motifs is 7. The van der Waals surface area contributed by atoms with Crippen molar-refractivity contribution in [1.82, 2.24) is 0 Å². The summed E-state index contributed by atoms with van der Waals surface area (Å²) in [5, 5.41) is 20.2. The maximum atomic E-state index is 9.17. The molecule has 0 bridgehead atoms. The number of rotatable bonds is 0. The quantitative estimate of drug-likeness (QED) is 0.195. The van der Waals surface area contributed by atoms with Gasteiger partial charge in [0.05, 0.1) is 0 Å². The van der Waals surface area contributed by atoms with E-state index < -0.39 is 0 Å². The van der Waals surface area contributed by atoms with Crippen LogP contribution >= 0.6 is 0 Å². The molecule has 0 saturated carbocycles. The van der Waals surface area contributed by atoms with Crippen molar-refractivity contribution in [2.24, 2.45) is 0 Å². The Morgan fingerprint density at radius 3 is 1.10 bits per heavy atom. The van der Waals surface area contributed by atoms with E-state index in [-0.39, 0.29) is 11.5 Å². The van der Waals surface area contributed by atoms with Gasteiger partial charge in [0.25, 0.3) is 0 Å². The minimum atomic E-state index is -0.0753.